The average Bonchev–Trinajstić information content (AvgIpc) is 2.14. The van der Waals surface area contributed by atoms with Gasteiger partial charge in [-0.1, -0.05) is 250 Å². The molecule has 0 amide bonds. The normalized spacial score (nSPS) is 16.4. The third-order valence-electron chi connectivity index (χ3n) is 18.6. The fraction of sp³-hybridized carbons (Fsp3) is 1.00. The van der Waals surface area contributed by atoms with Gasteiger partial charge in [0, 0.05) is 99.9 Å². The summed E-state index contributed by atoms with van der Waals surface area (Å²) in [6.07, 6.45) is 60.0. The van der Waals surface area contributed by atoms with Crippen molar-refractivity contribution >= 4 is 94.2 Å². The zero-order valence-electron chi connectivity index (χ0n) is 62.4. The molecule has 1 rings (SSSR count). The van der Waals surface area contributed by atoms with Gasteiger partial charge in [0.15, 0.2) is 6.29 Å². The van der Waals surface area contributed by atoms with Crippen LogP contribution in [-0.4, -0.2) is 105 Å². The van der Waals surface area contributed by atoms with Gasteiger partial charge < -0.3 is 37.9 Å². The summed E-state index contributed by atoms with van der Waals surface area (Å²) >= 11 is 2.37. The largest absolute Gasteiger partial charge is 0.353 e. The van der Waals surface area contributed by atoms with Crippen LogP contribution in [0.3, 0.4) is 0 Å². The Morgan fingerprint density at radius 1 is 0.312 bits per heavy atom. The monoisotopic (exact) mass is 1480 g/mol. The van der Waals surface area contributed by atoms with Crippen molar-refractivity contribution < 1.29 is 37.9 Å². The molecular weight excluding hydrogens is 1330 g/mol. The number of hydrogen-bond acceptors (Lipinski definition) is 17. The molecule has 0 bridgehead atoms. The minimum Gasteiger partial charge on any atom is -0.353 e. The third kappa shape index (κ3) is 54.2. The highest BCUT2D eigenvalue weighted by molar-refractivity contribution is 9.26. The number of ether oxygens (including phenoxy) is 8. The van der Waals surface area contributed by atoms with Gasteiger partial charge in [0.05, 0.1) is 0 Å². The average molecular weight is 1480 g/mol. The molecule has 0 saturated heterocycles. The Bertz CT molecular complexity index is 1450. The summed E-state index contributed by atoms with van der Waals surface area (Å²) in [7, 11) is 16.8. The molecule has 1 aliphatic carbocycles. The van der Waals surface area contributed by atoms with E-state index in [4.69, 9.17) is 37.9 Å². The Balaban J connectivity index is 2.44. The van der Waals surface area contributed by atoms with Crippen molar-refractivity contribution in [3.63, 3.8) is 0 Å². The van der Waals surface area contributed by atoms with Crippen LogP contribution in [0.25, 0.3) is 0 Å². The molecule has 5 unspecified atom stereocenters. The van der Waals surface area contributed by atoms with Crippen LogP contribution >= 0.6 is 94.2 Å². The van der Waals surface area contributed by atoms with Gasteiger partial charge in [-0.3, -0.25) is 0 Å². The number of hydrogen-bond donors (Lipinski definition) is 0. The van der Waals surface area contributed by atoms with E-state index in [9.17, 15) is 0 Å². The minimum absolute atomic E-state index is 0.0295. The molecule has 0 aromatic heterocycles. The molecule has 0 N–H and O–H groups in total. The van der Waals surface area contributed by atoms with Crippen LogP contribution in [0.5, 0.6) is 0 Å². The molecule has 8 nitrogen and oxygen atoms in total. The summed E-state index contributed by atoms with van der Waals surface area (Å²) in [5.41, 5.74) is 0. The fourth-order valence-corrected chi connectivity index (χ4v) is 27.8. The van der Waals surface area contributed by atoms with Crippen molar-refractivity contribution in [2.45, 2.75) is 382 Å². The molecule has 0 heterocycles. The standard InChI is InChI=1S/C76H152O8S9/c1-11-21-54-70(74(77-13-3)78-14-4)55-48-47-49-56-73(85-63-22-12-2)72-58-57-69(59-66-88-92-90-86-64-52-45-41-37-33-29-25-23-27-31-35-39-43-50-61-75(79-15-5,80-16-6)81-17-7)71(68-72)60-67-89-93-91-87-65-53-46-42-38-34-30-26-24-28-32-36-40-44-51-62-76(82-18-8,83-19-9)84-20-10/h69-74H,11-68H2,1-10H3. The first-order valence-corrected chi connectivity index (χ1v) is 51.0. The van der Waals surface area contributed by atoms with Crippen LogP contribution in [0.4, 0.5) is 0 Å². The summed E-state index contributed by atoms with van der Waals surface area (Å²) < 4.78 is 47.7. The van der Waals surface area contributed by atoms with E-state index in [1.807, 2.05) is 41.5 Å². The second-order valence-corrected chi connectivity index (χ2v) is 40.0. The first-order valence-electron chi connectivity index (χ1n) is 39.6. The van der Waals surface area contributed by atoms with E-state index >= 15 is 0 Å². The Kier molecular flexibility index (Phi) is 72.5. The molecule has 5 atom stereocenters. The maximum Gasteiger partial charge on any atom is 0.282 e. The van der Waals surface area contributed by atoms with Gasteiger partial charge in [0.2, 0.25) is 0 Å². The van der Waals surface area contributed by atoms with Crippen LogP contribution < -0.4 is 0 Å². The Morgan fingerprint density at radius 3 is 1.02 bits per heavy atom. The lowest BCUT2D eigenvalue weighted by atomic mass is 9.70. The zero-order chi connectivity index (χ0) is 67.5. The quantitative estimate of drug-likeness (QED) is 0.0329. The van der Waals surface area contributed by atoms with E-state index in [1.54, 1.807) is 0 Å². The van der Waals surface area contributed by atoms with E-state index < -0.39 is 11.9 Å². The fourth-order valence-electron chi connectivity index (χ4n) is 13.6. The molecule has 1 fully saturated rings. The van der Waals surface area contributed by atoms with E-state index in [2.05, 4.69) is 122 Å². The number of unbranched alkanes of at least 4 members (excludes halogenated alkanes) is 30. The third-order valence-corrected chi connectivity index (χ3v) is 33.3. The van der Waals surface area contributed by atoms with Gasteiger partial charge >= 0.3 is 0 Å². The predicted octanol–water partition coefficient (Wildman–Crippen LogP) is 28.4. The summed E-state index contributed by atoms with van der Waals surface area (Å²) in [5.74, 6) is 8.10. The van der Waals surface area contributed by atoms with Crippen molar-refractivity contribution in [3.05, 3.63) is 0 Å². The summed E-state index contributed by atoms with van der Waals surface area (Å²) in [4.78, 5) is 0. The highest BCUT2D eigenvalue weighted by atomic mass is 33.7. The van der Waals surface area contributed by atoms with Gasteiger partial charge in [-0.25, -0.2) is 0 Å². The molecule has 0 spiro atoms. The summed E-state index contributed by atoms with van der Waals surface area (Å²) in [5, 5.41) is 0.834. The second-order valence-electron chi connectivity index (χ2n) is 26.2. The molecule has 0 aromatic carbocycles. The molecule has 558 valence electrons. The highest BCUT2D eigenvalue weighted by Crippen LogP contribution is 2.49. The molecule has 0 aromatic rings. The lowest BCUT2D eigenvalue weighted by molar-refractivity contribution is -0.380. The zero-order valence-corrected chi connectivity index (χ0v) is 69.8. The summed E-state index contributed by atoms with van der Waals surface area (Å²) in [6, 6.07) is 0. The Hall–Kier alpha value is 2.83. The molecule has 0 aliphatic heterocycles. The van der Waals surface area contributed by atoms with E-state index in [1.165, 1.54) is 292 Å². The van der Waals surface area contributed by atoms with Crippen molar-refractivity contribution in [1.82, 2.24) is 0 Å². The summed E-state index contributed by atoms with van der Waals surface area (Å²) in [6.45, 7) is 26.2. The Morgan fingerprint density at radius 2 is 0.645 bits per heavy atom. The predicted molar refractivity (Wildman–Crippen MR) is 432 cm³/mol. The lowest BCUT2D eigenvalue weighted by Crippen LogP contribution is -2.39. The van der Waals surface area contributed by atoms with Gasteiger partial charge in [0.1, 0.15) is 0 Å². The van der Waals surface area contributed by atoms with E-state index in [-0.39, 0.29) is 6.29 Å². The molecule has 93 heavy (non-hydrogen) atoms. The van der Waals surface area contributed by atoms with Crippen molar-refractivity contribution in [2.24, 2.45) is 23.7 Å². The van der Waals surface area contributed by atoms with Crippen LogP contribution in [0.15, 0.2) is 0 Å². The minimum atomic E-state index is -0.837. The number of rotatable bonds is 77. The second kappa shape index (κ2) is 71.8. The maximum absolute atomic E-state index is 6.15. The van der Waals surface area contributed by atoms with Crippen molar-refractivity contribution in [2.75, 3.05) is 81.6 Å². The van der Waals surface area contributed by atoms with Gasteiger partial charge in [0.25, 0.3) is 11.9 Å². The number of thioether (sulfide) groups is 1. The lowest BCUT2D eigenvalue weighted by Gasteiger charge is -2.40. The van der Waals surface area contributed by atoms with Gasteiger partial charge in [-0.05, 0) is 202 Å². The smallest absolute Gasteiger partial charge is 0.282 e. The first-order chi connectivity index (χ1) is 45.8. The van der Waals surface area contributed by atoms with Crippen molar-refractivity contribution in [3.8, 4) is 0 Å². The van der Waals surface area contributed by atoms with Gasteiger partial charge in [-0.15, -0.1) is 0 Å². The highest BCUT2D eigenvalue weighted by Gasteiger charge is 2.35. The topological polar surface area (TPSA) is 73.8 Å². The maximum atomic E-state index is 6.15. The van der Waals surface area contributed by atoms with Crippen LogP contribution in [0, 0.1) is 23.7 Å². The Labute approximate surface area is 614 Å². The van der Waals surface area contributed by atoms with Crippen LogP contribution in [-0.2, 0) is 37.9 Å². The SMILES string of the molecule is CCCCSC(CCCCCC(CCCC)C(OCC)OCC)C1CCC(CCSSSSCCCCCCCCCCCCCCCCC(OCC)(OCC)OCC)C(CCSSSSCCCCCCCCCCCCCCCCC(OCC)(OCC)OCC)C1. The van der Waals surface area contributed by atoms with Crippen molar-refractivity contribution in [1.29, 1.82) is 0 Å². The molecular formula is C76H152O8S9. The molecule has 17 heteroatoms. The van der Waals surface area contributed by atoms with Crippen LogP contribution in [0.2, 0.25) is 0 Å². The molecule has 0 radical (unpaired) electrons. The van der Waals surface area contributed by atoms with Gasteiger partial charge in [-0.2, -0.15) is 11.8 Å². The molecule has 1 saturated carbocycles. The van der Waals surface area contributed by atoms with Crippen LogP contribution in [0.1, 0.15) is 358 Å². The van der Waals surface area contributed by atoms with E-state index in [0.29, 0.717) is 45.6 Å². The first kappa shape index (κ1) is 93.8. The molecule has 1 aliphatic rings. The van der Waals surface area contributed by atoms with E-state index in [0.717, 1.165) is 61.9 Å².